The third kappa shape index (κ3) is 4.59. The van der Waals surface area contributed by atoms with Crippen molar-refractivity contribution in [3.05, 3.63) is 73.1 Å². The molecule has 0 spiro atoms. The van der Waals surface area contributed by atoms with Crippen LogP contribution in [0, 0.1) is 0 Å². The Labute approximate surface area is 191 Å². The number of rotatable bonds is 5. The highest BCUT2D eigenvalue weighted by Gasteiger charge is 2.17. The minimum Gasteiger partial charge on any atom is -1.00 e. The lowest BCUT2D eigenvalue weighted by atomic mass is 10.1. The van der Waals surface area contributed by atoms with Gasteiger partial charge in [-0.2, -0.15) is 0 Å². The molecular weight excluding hydrogens is 495 g/mol. The summed E-state index contributed by atoms with van der Waals surface area (Å²) in [4.78, 5) is 6.13. The third-order valence-electron chi connectivity index (χ3n) is 4.57. The van der Waals surface area contributed by atoms with Crippen LogP contribution in [-0.4, -0.2) is 19.2 Å². The first-order valence-corrected chi connectivity index (χ1v) is 9.75. The smallest absolute Gasteiger partial charge is 0.169 e. The molecule has 0 bridgehead atoms. The van der Waals surface area contributed by atoms with Crippen LogP contribution in [0.25, 0.3) is 32.3 Å². The quantitative estimate of drug-likeness (QED) is 0.301. The van der Waals surface area contributed by atoms with E-state index in [0.717, 1.165) is 43.8 Å². The molecule has 4 nitrogen and oxygen atoms in total. The number of pyridine rings is 1. The van der Waals surface area contributed by atoms with Gasteiger partial charge in [0.15, 0.2) is 12.4 Å². The average Bonchev–Trinajstić information content (AvgIpc) is 3.20. The van der Waals surface area contributed by atoms with E-state index in [1.807, 2.05) is 48.3 Å². The summed E-state index contributed by atoms with van der Waals surface area (Å²) in [6, 6.07) is 20.3. The van der Waals surface area contributed by atoms with Gasteiger partial charge in [0.05, 0.1) is 24.8 Å². The zero-order valence-corrected chi connectivity index (χ0v) is 19.4. The summed E-state index contributed by atoms with van der Waals surface area (Å²) >= 11 is 1.70. The topological polar surface area (TPSA) is 35.2 Å². The normalized spacial score (nSPS) is 10.3. The zero-order chi connectivity index (χ0) is 19.5. The Balaban J connectivity index is 0.00000240. The SMILES string of the molecule is COc1ccc(-c2nc(-c3cc[n+](C)cc3)sc2-c2ccc(OC)cc2)cc1.[I-]. The van der Waals surface area contributed by atoms with Crippen LogP contribution in [0.4, 0.5) is 0 Å². The summed E-state index contributed by atoms with van der Waals surface area (Å²) in [5, 5.41) is 0.997. The molecule has 0 atom stereocenters. The van der Waals surface area contributed by atoms with Crippen LogP contribution in [0.3, 0.4) is 0 Å². The van der Waals surface area contributed by atoms with Gasteiger partial charge < -0.3 is 33.5 Å². The maximum atomic E-state index is 5.30. The molecule has 0 amide bonds. The Bertz CT molecular complexity index is 1010. The summed E-state index contributed by atoms with van der Waals surface area (Å²) < 4.78 is 12.6. The van der Waals surface area contributed by atoms with Gasteiger partial charge in [-0.1, -0.05) is 0 Å². The van der Waals surface area contributed by atoms with Crippen molar-refractivity contribution in [1.29, 1.82) is 0 Å². The molecule has 0 unspecified atom stereocenters. The van der Waals surface area contributed by atoms with E-state index in [0.29, 0.717) is 0 Å². The van der Waals surface area contributed by atoms with Gasteiger partial charge in [0.2, 0.25) is 0 Å². The molecule has 2 aromatic heterocycles. The highest BCUT2D eigenvalue weighted by molar-refractivity contribution is 7.19. The Morgan fingerprint density at radius 1 is 0.724 bits per heavy atom. The molecule has 0 saturated heterocycles. The molecule has 0 aliphatic rings. The van der Waals surface area contributed by atoms with E-state index in [4.69, 9.17) is 14.5 Å². The zero-order valence-electron chi connectivity index (χ0n) is 16.4. The van der Waals surface area contributed by atoms with E-state index in [1.54, 1.807) is 25.6 Å². The maximum absolute atomic E-state index is 5.30. The minimum absolute atomic E-state index is 0. The van der Waals surface area contributed by atoms with Gasteiger partial charge >= 0.3 is 0 Å². The number of thiazole rings is 1. The number of aryl methyl sites for hydroxylation is 1. The summed E-state index contributed by atoms with van der Waals surface area (Å²) in [7, 11) is 5.36. The lowest BCUT2D eigenvalue weighted by Gasteiger charge is -2.05. The molecule has 0 radical (unpaired) electrons. The fourth-order valence-corrected chi connectivity index (χ4v) is 4.07. The van der Waals surface area contributed by atoms with Gasteiger partial charge in [0, 0.05) is 23.3 Å². The number of ether oxygens (including phenoxy) is 2. The van der Waals surface area contributed by atoms with Crippen molar-refractivity contribution in [2.45, 2.75) is 0 Å². The number of aromatic nitrogens is 2. The molecule has 4 aromatic rings. The van der Waals surface area contributed by atoms with Crippen molar-refractivity contribution in [2.75, 3.05) is 14.2 Å². The van der Waals surface area contributed by atoms with Crippen molar-refractivity contribution >= 4 is 11.3 Å². The fraction of sp³-hybridized carbons (Fsp3) is 0.130. The van der Waals surface area contributed by atoms with Gasteiger partial charge in [-0.15, -0.1) is 11.3 Å². The number of methoxy groups -OCH3 is 2. The van der Waals surface area contributed by atoms with Gasteiger partial charge in [0.25, 0.3) is 0 Å². The van der Waals surface area contributed by atoms with Crippen LogP contribution in [0.1, 0.15) is 0 Å². The van der Waals surface area contributed by atoms with E-state index < -0.39 is 0 Å². The van der Waals surface area contributed by atoms with E-state index in [1.165, 1.54) is 0 Å². The van der Waals surface area contributed by atoms with E-state index in [2.05, 4.69) is 36.4 Å². The molecule has 2 heterocycles. The van der Waals surface area contributed by atoms with Gasteiger partial charge in [-0.3, -0.25) is 0 Å². The molecule has 0 N–H and O–H groups in total. The standard InChI is InChI=1S/C23H21N2O2S.HI/c1-25-14-12-18(13-15-25)23-24-21(16-4-8-19(26-2)9-5-16)22(28-23)17-6-10-20(27-3)11-7-17;/h4-15H,1-3H3;1H/q+1;/p-1. The van der Waals surface area contributed by atoms with Crippen molar-refractivity contribution in [3.63, 3.8) is 0 Å². The number of hydrogen-bond donors (Lipinski definition) is 0. The summed E-state index contributed by atoms with van der Waals surface area (Å²) in [5.74, 6) is 1.68. The second kappa shape index (κ2) is 9.37. The first-order valence-electron chi connectivity index (χ1n) is 8.93. The molecule has 148 valence electrons. The Morgan fingerprint density at radius 2 is 1.24 bits per heavy atom. The van der Waals surface area contributed by atoms with E-state index in [-0.39, 0.29) is 24.0 Å². The number of halogens is 1. The number of hydrogen-bond acceptors (Lipinski definition) is 4. The van der Waals surface area contributed by atoms with Crippen LogP contribution in [0.5, 0.6) is 11.5 Å². The average molecular weight is 516 g/mol. The third-order valence-corrected chi connectivity index (χ3v) is 5.72. The van der Waals surface area contributed by atoms with Crippen molar-refractivity contribution < 1.29 is 38.0 Å². The summed E-state index contributed by atoms with van der Waals surface area (Å²) in [6.07, 6.45) is 4.08. The van der Waals surface area contributed by atoms with E-state index in [9.17, 15) is 0 Å². The van der Waals surface area contributed by atoms with Crippen LogP contribution in [0.2, 0.25) is 0 Å². The van der Waals surface area contributed by atoms with Crippen molar-refractivity contribution in [3.8, 4) is 43.8 Å². The van der Waals surface area contributed by atoms with Gasteiger partial charge in [0.1, 0.15) is 23.6 Å². The fourth-order valence-electron chi connectivity index (χ4n) is 2.97. The van der Waals surface area contributed by atoms with Crippen molar-refractivity contribution in [1.82, 2.24) is 4.98 Å². The summed E-state index contributed by atoms with van der Waals surface area (Å²) in [5.41, 5.74) is 4.27. The molecule has 2 aromatic carbocycles. The van der Waals surface area contributed by atoms with Crippen LogP contribution >= 0.6 is 11.3 Å². The van der Waals surface area contributed by atoms with Gasteiger partial charge in [-0.05, 0) is 54.1 Å². The number of nitrogens with zero attached hydrogens (tertiary/aromatic N) is 2. The molecule has 0 aliphatic carbocycles. The molecule has 0 saturated carbocycles. The molecule has 6 heteroatoms. The summed E-state index contributed by atoms with van der Waals surface area (Å²) in [6.45, 7) is 0. The largest absolute Gasteiger partial charge is 1.00 e. The highest BCUT2D eigenvalue weighted by Crippen LogP contribution is 2.41. The lowest BCUT2D eigenvalue weighted by Crippen LogP contribution is -3.00. The Morgan fingerprint density at radius 3 is 1.76 bits per heavy atom. The Hall–Kier alpha value is -2.45. The van der Waals surface area contributed by atoms with Crippen LogP contribution in [-0.2, 0) is 7.05 Å². The van der Waals surface area contributed by atoms with Crippen LogP contribution in [0.15, 0.2) is 73.1 Å². The first-order chi connectivity index (χ1) is 13.7. The van der Waals surface area contributed by atoms with Gasteiger partial charge in [-0.25, -0.2) is 9.55 Å². The van der Waals surface area contributed by atoms with E-state index >= 15 is 0 Å². The second-order valence-corrected chi connectivity index (χ2v) is 7.41. The Kier molecular flexibility index (Phi) is 6.87. The predicted octanol–water partition coefficient (Wildman–Crippen LogP) is 1.99. The molecule has 0 fully saturated rings. The van der Waals surface area contributed by atoms with Crippen LogP contribution < -0.4 is 38.0 Å². The molecule has 4 rings (SSSR count). The molecule has 29 heavy (non-hydrogen) atoms. The highest BCUT2D eigenvalue weighted by atomic mass is 127. The molecule has 0 aliphatic heterocycles. The molecular formula is C23H21IN2O2S. The minimum atomic E-state index is 0. The first kappa shape index (κ1) is 21.3. The maximum Gasteiger partial charge on any atom is 0.169 e. The number of benzene rings is 2. The second-order valence-electron chi connectivity index (χ2n) is 6.41. The lowest BCUT2D eigenvalue weighted by molar-refractivity contribution is -0.671. The predicted molar refractivity (Wildman–Crippen MR) is 113 cm³/mol. The monoisotopic (exact) mass is 516 g/mol. The van der Waals surface area contributed by atoms with Crippen molar-refractivity contribution in [2.24, 2.45) is 7.05 Å².